The van der Waals surface area contributed by atoms with Gasteiger partial charge in [-0.1, -0.05) is 5.92 Å². The van der Waals surface area contributed by atoms with Crippen molar-refractivity contribution in [3.05, 3.63) is 24.0 Å². The molecular weight excluding hydrogens is 413 g/mol. The highest BCUT2D eigenvalue weighted by Crippen LogP contribution is 2.44. The smallest absolute Gasteiger partial charge is 0.410 e. The van der Waals surface area contributed by atoms with Gasteiger partial charge in [0.2, 0.25) is 5.91 Å². The van der Waals surface area contributed by atoms with E-state index in [0.717, 1.165) is 51.5 Å². The van der Waals surface area contributed by atoms with E-state index in [1.807, 2.05) is 9.80 Å². The summed E-state index contributed by atoms with van der Waals surface area (Å²) in [7, 11) is 0. The van der Waals surface area contributed by atoms with Gasteiger partial charge in [-0.05, 0) is 57.1 Å². The predicted molar refractivity (Wildman–Crippen MR) is 118 cm³/mol. The third-order valence-corrected chi connectivity index (χ3v) is 7.03. The van der Waals surface area contributed by atoms with Crippen LogP contribution < -0.4 is 15.0 Å². The lowest BCUT2D eigenvalue weighted by atomic mass is 9.78. The first-order valence-electron chi connectivity index (χ1n) is 11.3. The van der Waals surface area contributed by atoms with Gasteiger partial charge in [0.25, 0.3) is 0 Å². The number of halogens is 1. The van der Waals surface area contributed by atoms with Crippen LogP contribution in [0.3, 0.4) is 0 Å². The van der Waals surface area contributed by atoms with E-state index in [-0.39, 0.29) is 30.3 Å². The van der Waals surface area contributed by atoms with E-state index in [0.29, 0.717) is 18.8 Å². The number of carbonyl (C=O) groups is 2. The minimum Gasteiger partial charge on any atom is -0.410 e. The lowest BCUT2D eigenvalue weighted by Gasteiger charge is -2.41. The van der Waals surface area contributed by atoms with Gasteiger partial charge in [0, 0.05) is 31.7 Å². The molecule has 3 fully saturated rings. The second kappa shape index (κ2) is 9.37. The largest absolute Gasteiger partial charge is 0.413 e. The molecule has 1 aromatic carbocycles. The molecule has 8 heteroatoms. The van der Waals surface area contributed by atoms with Crippen molar-refractivity contribution in [1.29, 1.82) is 0 Å². The van der Waals surface area contributed by atoms with Crippen LogP contribution in [0, 0.1) is 23.6 Å². The summed E-state index contributed by atoms with van der Waals surface area (Å²) in [6, 6.07) is 4.53. The van der Waals surface area contributed by atoms with Crippen LogP contribution in [0.1, 0.15) is 44.9 Å². The Morgan fingerprint density at radius 1 is 1.28 bits per heavy atom. The number of benzene rings is 1. The number of piperidine rings is 1. The number of aliphatic hydroxyl groups excluding tert-OH is 1. The molecule has 1 aliphatic carbocycles. The fourth-order valence-corrected chi connectivity index (χ4v) is 5.36. The Morgan fingerprint density at radius 3 is 2.78 bits per heavy atom. The van der Waals surface area contributed by atoms with Crippen LogP contribution in [0.15, 0.2) is 18.2 Å². The molecule has 3 aliphatic rings. The number of hydrogen-bond acceptors (Lipinski definition) is 5. The monoisotopic (exact) mass is 443 g/mol. The molecule has 0 bridgehead atoms. The van der Waals surface area contributed by atoms with E-state index in [1.165, 1.54) is 6.07 Å². The van der Waals surface area contributed by atoms with E-state index < -0.39 is 17.3 Å². The van der Waals surface area contributed by atoms with Gasteiger partial charge in [-0.25, -0.2) is 9.18 Å². The molecule has 2 saturated heterocycles. The highest BCUT2D eigenvalue weighted by molar-refractivity contribution is 5.86. The van der Waals surface area contributed by atoms with Gasteiger partial charge in [0.1, 0.15) is 11.6 Å². The van der Waals surface area contributed by atoms with Gasteiger partial charge in [0.15, 0.2) is 0 Å². The van der Waals surface area contributed by atoms with Gasteiger partial charge in [0.05, 0.1) is 23.8 Å². The van der Waals surface area contributed by atoms with Crippen LogP contribution >= 0.6 is 0 Å². The average Bonchev–Trinajstić information content (AvgIpc) is 3.08. The molecule has 2 heterocycles. The summed E-state index contributed by atoms with van der Waals surface area (Å²) in [5.74, 6) is 2.04. The maximum atomic E-state index is 14.9. The number of nitrogens with zero attached hydrogens (tertiary/aromatic N) is 2. The van der Waals surface area contributed by atoms with Gasteiger partial charge >= 0.3 is 6.09 Å². The van der Waals surface area contributed by atoms with Crippen molar-refractivity contribution in [2.75, 3.05) is 31.1 Å². The van der Waals surface area contributed by atoms with Crippen LogP contribution in [0.4, 0.5) is 14.9 Å². The molecule has 1 spiro atoms. The molecular formula is C24H30FN3O4. The van der Waals surface area contributed by atoms with Crippen LogP contribution in [-0.2, 0) is 4.79 Å². The summed E-state index contributed by atoms with van der Waals surface area (Å²) >= 11 is 0. The first kappa shape index (κ1) is 22.4. The number of rotatable bonds is 4. The molecule has 1 aromatic rings. The highest BCUT2D eigenvalue weighted by atomic mass is 19.1. The summed E-state index contributed by atoms with van der Waals surface area (Å²) in [4.78, 5) is 29.0. The second-order valence-electron chi connectivity index (χ2n) is 9.08. The molecule has 172 valence electrons. The lowest BCUT2D eigenvalue weighted by molar-refractivity contribution is -0.139. The third-order valence-electron chi connectivity index (χ3n) is 7.03. The lowest BCUT2D eigenvalue weighted by Crippen LogP contribution is -2.50. The van der Waals surface area contributed by atoms with E-state index >= 15 is 0 Å². The molecule has 0 radical (unpaired) electrons. The van der Waals surface area contributed by atoms with Crippen LogP contribution in [0.5, 0.6) is 5.75 Å². The Kier molecular flexibility index (Phi) is 6.56. The van der Waals surface area contributed by atoms with Gasteiger partial charge in [-0.15, -0.1) is 6.42 Å². The number of terminal acetylenes is 1. The zero-order valence-corrected chi connectivity index (χ0v) is 18.2. The molecule has 7 nitrogen and oxygen atoms in total. The van der Waals surface area contributed by atoms with Crippen molar-refractivity contribution in [1.82, 2.24) is 10.2 Å². The fraction of sp³-hybridized carbons (Fsp3) is 0.583. The number of hydrogen-bond donors (Lipinski definition) is 2. The Bertz CT molecular complexity index is 909. The van der Waals surface area contributed by atoms with Crippen LogP contribution in [0.25, 0.3) is 0 Å². The van der Waals surface area contributed by atoms with Crippen molar-refractivity contribution in [3.8, 4) is 18.1 Å². The summed E-state index contributed by atoms with van der Waals surface area (Å²) in [5.41, 5.74) is -0.0714. The topological polar surface area (TPSA) is 82.1 Å². The first-order valence-corrected chi connectivity index (χ1v) is 11.3. The SMILES string of the molecule is C#CCNC(=O)Oc1ccc(N2CCCC3(CCN(C4CCC(O)CC4)C3=O)C2)c(F)c1. The number of likely N-dealkylation sites (tertiary alicyclic amines) is 1. The quantitative estimate of drug-likeness (QED) is 0.700. The maximum absolute atomic E-state index is 14.9. The summed E-state index contributed by atoms with van der Waals surface area (Å²) in [6.45, 7) is 1.92. The summed E-state index contributed by atoms with van der Waals surface area (Å²) < 4.78 is 20.0. The van der Waals surface area contributed by atoms with Gasteiger partial charge in [-0.2, -0.15) is 0 Å². The van der Waals surface area contributed by atoms with Crippen molar-refractivity contribution in [2.24, 2.45) is 5.41 Å². The Balaban J connectivity index is 1.43. The molecule has 2 amide bonds. The van der Waals surface area contributed by atoms with Crippen LogP contribution in [-0.4, -0.2) is 60.3 Å². The Morgan fingerprint density at radius 2 is 2.06 bits per heavy atom. The van der Waals surface area contributed by atoms with Crippen molar-refractivity contribution in [2.45, 2.75) is 57.1 Å². The maximum Gasteiger partial charge on any atom is 0.413 e. The number of ether oxygens (including phenoxy) is 1. The number of carbonyl (C=O) groups excluding carboxylic acids is 2. The Hall–Kier alpha value is -2.79. The fourth-order valence-electron chi connectivity index (χ4n) is 5.36. The average molecular weight is 444 g/mol. The minimum absolute atomic E-state index is 0.0295. The molecule has 0 aromatic heterocycles. The molecule has 1 atom stereocenters. The molecule has 2 N–H and O–H groups in total. The van der Waals surface area contributed by atoms with E-state index in [9.17, 15) is 19.1 Å². The minimum atomic E-state index is -0.737. The van der Waals surface area contributed by atoms with Gasteiger partial charge < -0.3 is 25.0 Å². The number of anilines is 1. The van der Waals surface area contributed by atoms with Crippen LogP contribution in [0.2, 0.25) is 0 Å². The second-order valence-corrected chi connectivity index (χ2v) is 9.08. The summed E-state index contributed by atoms with van der Waals surface area (Å²) in [5, 5.41) is 12.1. The van der Waals surface area contributed by atoms with Crippen molar-refractivity contribution < 1.29 is 23.8 Å². The molecule has 1 unspecified atom stereocenters. The molecule has 32 heavy (non-hydrogen) atoms. The van der Waals surface area contributed by atoms with E-state index in [4.69, 9.17) is 11.2 Å². The van der Waals surface area contributed by atoms with Crippen molar-refractivity contribution in [3.63, 3.8) is 0 Å². The normalized spacial score (nSPS) is 28.0. The number of amides is 2. The molecule has 1 saturated carbocycles. The zero-order valence-electron chi connectivity index (χ0n) is 18.2. The molecule has 2 aliphatic heterocycles. The standard InChI is InChI=1S/C24H30FN3O4/c1-2-12-26-23(31)32-19-8-9-21(20(25)15-19)27-13-3-10-24(16-27)11-14-28(22(24)30)17-4-6-18(29)7-5-17/h1,8-9,15,17-18,29H,3-7,10-14,16H2,(H,26,31). The van der Waals surface area contributed by atoms with E-state index in [1.54, 1.807) is 12.1 Å². The first-order chi connectivity index (χ1) is 15.4. The number of nitrogens with one attached hydrogen (secondary N) is 1. The third kappa shape index (κ3) is 4.53. The number of aliphatic hydroxyl groups is 1. The van der Waals surface area contributed by atoms with E-state index in [2.05, 4.69) is 11.2 Å². The Labute approximate surface area is 187 Å². The molecule has 4 rings (SSSR count). The summed E-state index contributed by atoms with van der Waals surface area (Å²) in [6.07, 6.45) is 9.69. The zero-order chi connectivity index (χ0) is 22.7. The van der Waals surface area contributed by atoms with Gasteiger partial charge in [-0.3, -0.25) is 4.79 Å². The predicted octanol–water partition coefficient (Wildman–Crippen LogP) is 2.67. The highest BCUT2D eigenvalue weighted by Gasteiger charge is 2.50. The van der Waals surface area contributed by atoms with Crippen molar-refractivity contribution >= 4 is 17.7 Å².